The van der Waals surface area contributed by atoms with E-state index in [9.17, 15) is 13.2 Å². The van der Waals surface area contributed by atoms with Gasteiger partial charge in [0, 0.05) is 17.4 Å². The average Bonchev–Trinajstić information content (AvgIpc) is 2.45. The van der Waals surface area contributed by atoms with Gasteiger partial charge in [0.05, 0.1) is 11.3 Å². The van der Waals surface area contributed by atoms with Crippen molar-refractivity contribution < 1.29 is 13.2 Å². The molecule has 2 rings (SSSR count). The fourth-order valence-corrected chi connectivity index (χ4v) is 2.73. The predicted octanol–water partition coefficient (Wildman–Crippen LogP) is 1.50. The van der Waals surface area contributed by atoms with Crippen molar-refractivity contribution >= 4 is 27.5 Å². The summed E-state index contributed by atoms with van der Waals surface area (Å²) in [7, 11) is -3.72. The lowest BCUT2D eigenvalue weighted by molar-refractivity contribution is 0.0944. The number of sulfonamides is 1. The molecule has 0 atom stereocenters. The number of hydrogen-bond acceptors (Lipinski definition) is 4. The highest BCUT2D eigenvalue weighted by atomic mass is 35.5. The number of aromatic nitrogens is 1. The van der Waals surface area contributed by atoms with Crippen LogP contribution in [0.5, 0.6) is 0 Å². The zero-order chi connectivity index (χ0) is 15.3. The SMILES string of the molecule is O=C(NNS(=O)(=O)Cc1cccc(Cl)c1)c1cccnc1. The zero-order valence-corrected chi connectivity index (χ0v) is 12.4. The Hall–Kier alpha value is -1.96. The maximum atomic E-state index is 11.9. The van der Waals surface area contributed by atoms with Crippen LogP contribution in [0.4, 0.5) is 0 Å². The van der Waals surface area contributed by atoms with Gasteiger partial charge in [-0.3, -0.25) is 15.2 Å². The minimum absolute atomic E-state index is 0.253. The quantitative estimate of drug-likeness (QED) is 0.815. The first-order chi connectivity index (χ1) is 9.96. The Bertz CT molecular complexity index is 735. The highest BCUT2D eigenvalue weighted by Crippen LogP contribution is 2.12. The number of pyridine rings is 1. The van der Waals surface area contributed by atoms with Crippen LogP contribution in [0.25, 0.3) is 0 Å². The summed E-state index contributed by atoms with van der Waals surface area (Å²) in [4.78, 5) is 17.5. The van der Waals surface area contributed by atoms with Gasteiger partial charge in [-0.05, 0) is 29.8 Å². The molecule has 8 heteroatoms. The molecular weight excluding hydrogens is 314 g/mol. The van der Waals surface area contributed by atoms with Gasteiger partial charge < -0.3 is 0 Å². The van der Waals surface area contributed by atoms with Gasteiger partial charge in [-0.2, -0.15) is 0 Å². The molecule has 0 aliphatic heterocycles. The number of nitrogens with zero attached hydrogens (tertiary/aromatic N) is 1. The molecule has 1 heterocycles. The first-order valence-corrected chi connectivity index (χ1v) is 7.93. The van der Waals surface area contributed by atoms with Crippen LogP contribution in [-0.4, -0.2) is 19.3 Å². The molecule has 0 aliphatic carbocycles. The van der Waals surface area contributed by atoms with Gasteiger partial charge >= 0.3 is 0 Å². The Morgan fingerprint density at radius 2 is 2.05 bits per heavy atom. The lowest BCUT2D eigenvalue weighted by atomic mass is 10.2. The van der Waals surface area contributed by atoms with Crippen molar-refractivity contribution in [2.45, 2.75) is 5.75 Å². The third kappa shape index (κ3) is 4.82. The van der Waals surface area contributed by atoms with Gasteiger partial charge in [-0.15, -0.1) is 4.83 Å². The number of benzene rings is 1. The van der Waals surface area contributed by atoms with Gasteiger partial charge in [0.1, 0.15) is 0 Å². The van der Waals surface area contributed by atoms with E-state index in [4.69, 9.17) is 11.6 Å². The van der Waals surface area contributed by atoms with E-state index in [1.165, 1.54) is 18.5 Å². The standard InChI is InChI=1S/C13H12ClN3O3S/c14-12-5-1-3-10(7-12)9-21(19,20)17-16-13(18)11-4-2-6-15-8-11/h1-8,17H,9H2,(H,16,18). The minimum Gasteiger partial charge on any atom is -0.274 e. The maximum absolute atomic E-state index is 11.9. The van der Waals surface area contributed by atoms with Gasteiger partial charge in [0.15, 0.2) is 0 Å². The Morgan fingerprint density at radius 1 is 1.24 bits per heavy atom. The molecule has 6 nitrogen and oxygen atoms in total. The molecule has 0 bridgehead atoms. The number of carbonyl (C=O) groups excluding carboxylic acids is 1. The number of halogens is 1. The third-order valence-electron chi connectivity index (χ3n) is 2.49. The summed E-state index contributed by atoms with van der Waals surface area (Å²) < 4.78 is 23.7. The van der Waals surface area contributed by atoms with E-state index in [1.807, 2.05) is 4.83 Å². The predicted molar refractivity (Wildman–Crippen MR) is 78.9 cm³/mol. The van der Waals surface area contributed by atoms with Crippen LogP contribution in [-0.2, 0) is 15.8 Å². The molecule has 0 saturated heterocycles. The average molecular weight is 326 g/mol. The molecule has 110 valence electrons. The van der Waals surface area contributed by atoms with Crippen molar-refractivity contribution in [1.29, 1.82) is 0 Å². The molecule has 1 aromatic carbocycles. The van der Waals surface area contributed by atoms with E-state index in [0.29, 0.717) is 10.6 Å². The molecule has 1 aromatic heterocycles. The van der Waals surface area contributed by atoms with Crippen LogP contribution in [0.15, 0.2) is 48.8 Å². The smallest absolute Gasteiger partial charge is 0.267 e. The van der Waals surface area contributed by atoms with E-state index in [-0.39, 0.29) is 11.3 Å². The van der Waals surface area contributed by atoms with E-state index in [1.54, 1.807) is 30.3 Å². The molecule has 21 heavy (non-hydrogen) atoms. The molecule has 0 aliphatic rings. The Labute approximate surface area is 127 Å². The topological polar surface area (TPSA) is 88.2 Å². The van der Waals surface area contributed by atoms with E-state index in [2.05, 4.69) is 10.4 Å². The summed E-state index contributed by atoms with van der Waals surface area (Å²) in [5.41, 5.74) is 2.90. The molecular formula is C13H12ClN3O3S. The van der Waals surface area contributed by atoms with Gasteiger partial charge in [-0.1, -0.05) is 23.7 Å². The highest BCUT2D eigenvalue weighted by Gasteiger charge is 2.14. The summed E-state index contributed by atoms with van der Waals surface area (Å²) in [6.45, 7) is 0. The second-order valence-corrected chi connectivity index (χ2v) is 6.35. The molecule has 2 aromatic rings. The Morgan fingerprint density at radius 3 is 2.71 bits per heavy atom. The van der Waals surface area contributed by atoms with Crippen molar-refractivity contribution in [3.8, 4) is 0 Å². The molecule has 0 radical (unpaired) electrons. The monoisotopic (exact) mass is 325 g/mol. The number of amides is 1. The van der Waals surface area contributed by atoms with Crippen LogP contribution in [0.3, 0.4) is 0 Å². The second-order valence-electron chi connectivity index (χ2n) is 4.19. The Kier molecular flexibility index (Phi) is 4.89. The second kappa shape index (κ2) is 6.66. The van der Waals surface area contributed by atoms with Crippen molar-refractivity contribution in [2.75, 3.05) is 0 Å². The molecule has 0 saturated carbocycles. The summed E-state index contributed by atoms with van der Waals surface area (Å²) in [5.74, 6) is -0.876. The van der Waals surface area contributed by atoms with E-state index < -0.39 is 15.9 Å². The van der Waals surface area contributed by atoms with E-state index >= 15 is 0 Å². The third-order valence-corrected chi connectivity index (χ3v) is 3.85. The number of rotatable bonds is 5. The summed E-state index contributed by atoms with van der Waals surface area (Å²) in [6, 6.07) is 9.58. The lowest BCUT2D eigenvalue weighted by Crippen LogP contribution is -2.42. The molecule has 0 fully saturated rings. The van der Waals surface area contributed by atoms with Crippen LogP contribution in [0.2, 0.25) is 5.02 Å². The molecule has 1 amide bonds. The molecule has 0 spiro atoms. The first kappa shape index (κ1) is 15.4. The summed E-state index contributed by atoms with van der Waals surface area (Å²) >= 11 is 5.79. The van der Waals surface area contributed by atoms with Crippen molar-refractivity contribution in [3.05, 3.63) is 64.9 Å². The number of hydrazine groups is 1. The normalized spacial score (nSPS) is 11.1. The highest BCUT2D eigenvalue weighted by molar-refractivity contribution is 7.88. The molecule has 0 unspecified atom stereocenters. The Balaban J connectivity index is 1.97. The fraction of sp³-hybridized carbons (Fsp3) is 0.0769. The van der Waals surface area contributed by atoms with Gasteiger partial charge in [0.25, 0.3) is 5.91 Å². The van der Waals surface area contributed by atoms with Gasteiger partial charge in [-0.25, -0.2) is 8.42 Å². The number of carbonyl (C=O) groups is 1. The summed E-state index contributed by atoms with van der Waals surface area (Å²) in [6.07, 6.45) is 2.85. The number of hydrogen-bond donors (Lipinski definition) is 2. The lowest BCUT2D eigenvalue weighted by Gasteiger charge is -2.08. The van der Waals surface area contributed by atoms with Crippen LogP contribution < -0.4 is 10.3 Å². The van der Waals surface area contributed by atoms with Crippen LogP contribution in [0.1, 0.15) is 15.9 Å². The fourth-order valence-electron chi connectivity index (χ4n) is 1.58. The largest absolute Gasteiger partial charge is 0.274 e. The molecule has 2 N–H and O–H groups in total. The summed E-state index contributed by atoms with van der Waals surface area (Å²) in [5, 5.41) is 0.446. The number of nitrogens with one attached hydrogen (secondary N) is 2. The maximum Gasteiger partial charge on any atom is 0.267 e. The minimum atomic E-state index is -3.72. The van der Waals surface area contributed by atoms with Crippen LogP contribution in [0, 0.1) is 0 Å². The van der Waals surface area contributed by atoms with E-state index in [0.717, 1.165) is 0 Å². The van der Waals surface area contributed by atoms with Crippen molar-refractivity contribution in [1.82, 2.24) is 15.2 Å². The van der Waals surface area contributed by atoms with Crippen LogP contribution >= 0.6 is 11.6 Å². The first-order valence-electron chi connectivity index (χ1n) is 5.90. The van der Waals surface area contributed by atoms with Crippen molar-refractivity contribution in [2.24, 2.45) is 0 Å². The van der Waals surface area contributed by atoms with Crippen molar-refractivity contribution in [3.63, 3.8) is 0 Å². The van der Waals surface area contributed by atoms with Gasteiger partial charge in [0.2, 0.25) is 10.0 Å². The zero-order valence-electron chi connectivity index (χ0n) is 10.8.